The zero-order chi connectivity index (χ0) is 13.2. The molecule has 2 nitrogen and oxygen atoms in total. The van der Waals surface area contributed by atoms with Crippen molar-refractivity contribution in [2.75, 3.05) is 18.0 Å². The van der Waals surface area contributed by atoms with Crippen molar-refractivity contribution in [3.8, 4) is 0 Å². The molecule has 1 unspecified atom stereocenters. The second kappa shape index (κ2) is 5.02. The zero-order valence-corrected chi connectivity index (χ0v) is 10.7. The van der Waals surface area contributed by atoms with Gasteiger partial charge < -0.3 is 10.6 Å². The summed E-state index contributed by atoms with van der Waals surface area (Å²) in [5, 5.41) is 0. The lowest BCUT2D eigenvalue weighted by Gasteiger charge is -2.24. The van der Waals surface area contributed by atoms with Crippen LogP contribution in [-0.4, -0.2) is 13.1 Å². The van der Waals surface area contributed by atoms with Gasteiger partial charge in [0.15, 0.2) is 0 Å². The van der Waals surface area contributed by atoms with Crippen molar-refractivity contribution in [3.63, 3.8) is 0 Å². The second-order valence-electron chi connectivity index (χ2n) is 4.95. The average molecular weight is 256 g/mol. The van der Waals surface area contributed by atoms with Crippen molar-refractivity contribution in [1.29, 1.82) is 0 Å². The zero-order valence-electron chi connectivity index (χ0n) is 10.7. The summed E-state index contributed by atoms with van der Waals surface area (Å²) in [5.74, 6) is -0.220. The van der Waals surface area contributed by atoms with Gasteiger partial charge in [-0.05, 0) is 24.1 Å². The number of fused-ring (bicyclic) bond motifs is 1. The van der Waals surface area contributed by atoms with Crippen LogP contribution in [0.4, 0.5) is 10.1 Å². The van der Waals surface area contributed by atoms with Gasteiger partial charge in [-0.15, -0.1) is 0 Å². The van der Waals surface area contributed by atoms with Crippen LogP contribution in [0.15, 0.2) is 48.5 Å². The molecule has 0 radical (unpaired) electrons. The van der Waals surface area contributed by atoms with Crippen LogP contribution in [0.2, 0.25) is 0 Å². The molecule has 3 heteroatoms. The van der Waals surface area contributed by atoms with Crippen molar-refractivity contribution in [2.45, 2.75) is 12.5 Å². The normalized spacial score (nSPS) is 15.4. The Morgan fingerprint density at radius 2 is 1.84 bits per heavy atom. The number of nitrogens with two attached hydrogens (primary N) is 1. The van der Waals surface area contributed by atoms with Gasteiger partial charge in [0.05, 0.1) is 6.04 Å². The molecular formula is C16H17FN2. The lowest BCUT2D eigenvalue weighted by Crippen LogP contribution is -2.31. The SMILES string of the molecule is NC(CN1CCc2ccccc21)c1ccccc1F. The maximum atomic E-state index is 13.7. The minimum atomic E-state index is -0.299. The smallest absolute Gasteiger partial charge is 0.128 e. The van der Waals surface area contributed by atoms with Gasteiger partial charge in [-0.3, -0.25) is 0 Å². The summed E-state index contributed by atoms with van der Waals surface area (Å²) in [7, 11) is 0. The van der Waals surface area contributed by atoms with Gasteiger partial charge in [-0.1, -0.05) is 36.4 Å². The Morgan fingerprint density at radius 1 is 1.11 bits per heavy atom. The van der Waals surface area contributed by atoms with Crippen LogP contribution in [0, 0.1) is 5.82 Å². The standard InChI is InChI=1S/C16H17FN2/c17-14-7-3-2-6-13(14)15(18)11-19-10-9-12-5-1-4-8-16(12)19/h1-8,15H,9-11,18H2. The molecular weight excluding hydrogens is 239 g/mol. The third-order valence-electron chi connectivity index (χ3n) is 3.71. The van der Waals surface area contributed by atoms with Crippen molar-refractivity contribution < 1.29 is 4.39 Å². The molecule has 1 atom stereocenters. The minimum absolute atomic E-state index is 0.220. The van der Waals surface area contributed by atoms with E-state index in [0.29, 0.717) is 12.1 Å². The van der Waals surface area contributed by atoms with E-state index < -0.39 is 0 Å². The van der Waals surface area contributed by atoms with Crippen LogP contribution in [0.3, 0.4) is 0 Å². The highest BCUT2D eigenvalue weighted by Gasteiger charge is 2.21. The van der Waals surface area contributed by atoms with Gasteiger partial charge in [0.25, 0.3) is 0 Å². The van der Waals surface area contributed by atoms with Gasteiger partial charge in [-0.25, -0.2) is 4.39 Å². The fourth-order valence-electron chi connectivity index (χ4n) is 2.71. The minimum Gasteiger partial charge on any atom is -0.369 e. The predicted octanol–water partition coefficient (Wildman–Crippen LogP) is 2.89. The van der Waals surface area contributed by atoms with E-state index in [1.807, 2.05) is 12.1 Å². The maximum absolute atomic E-state index is 13.7. The molecule has 19 heavy (non-hydrogen) atoms. The molecule has 2 aromatic rings. The molecule has 2 N–H and O–H groups in total. The molecule has 98 valence electrons. The monoisotopic (exact) mass is 256 g/mol. The van der Waals surface area contributed by atoms with Crippen LogP contribution in [0.1, 0.15) is 17.2 Å². The van der Waals surface area contributed by atoms with Gasteiger partial charge in [0.2, 0.25) is 0 Å². The second-order valence-corrected chi connectivity index (χ2v) is 4.95. The number of anilines is 1. The maximum Gasteiger partial charge on any atom is 0.128 e. The lowest BCUT2D eigenvalue weighted by molar-refractivity contribution is 0.576. The molecule has 1 aliphatic heterocycles. The quantitative estimate of drug-likeness (QED) is 0.915. The first-order valence-electron chi connectivity index (χ1n) is 6.58. The number of para-hydroxylation sites is 1. The van der Waals surface area contributed by atoms with Crippen LogP contribution in [0.25, 0.3) is 0 Å². The molecule has 0 bridgehead atoms. The third-order valence-corrected chi connectivity index (χ3v) is 3.71. The average Bonchev–Trinajstić information content (AvgIpc) is 2.83. The van der Waals surface area contributed by atoms with Crippen LogP contribution in [-0.2, 0) is 6.42 Å². The molecule has 1 heterocycles. The molecule has 1 aliphatic rings. The first kappa shape index (κ1) is 12.2. The first-order chi connectivity index (χ1) is 9.25. The summed E-state index contributed by atoms with van der Waals surface area (Å²) in [6.45, 7) is 1.61. The highest BCUT2D eigenvalue weighted by Crippen LogP contribution is 2.29. The van der Waals surface area contributed by atoms with E-state index in [0.717, 1.165) is 13.0 Å². The molecule has 0 spiro atoms. The van der Waals surface area contributed by atoms with Gasteiger partial charge in [-0.2, -0.15) is 0 Å². The Labute approximate surface area is 112 Å². The first-order valence-corrected chi connectivity index (χ1v) is 6.58. The predicted molar refractivity (Wildman–Crippen MR) is 75.7 cm³/mol. The van der Waals surface area contributed by atoms with E-state index in [9.17, 15) is 4.39 Å². The van der Waals surface area contributed by atoms with Crippen molar-refractivity contribution >= 4 is 5.69 Å². The van der Waals surface area contributed by atoms with E-state index in [1.54, 1.807) is 12.1 Å². The topological polar surface area (TPSA) is 29.3 Å². The molecule has 3 rings (SSSR count). The number of rotatable bonds is 3. The van der Waals surface area contributed by atoms with Crippen LogP contribution in [0.5, 0.6) is 0 Å². The molecule has 0 saturated carbocycles. The summed E-state index contributed by atoms with van der Waals surface area (Å²) in [6.07, 6.45) is 1.04. The Morgan fingerprint density at radius 3 is 2.68 bits per heavy atom. The number of hydrogen-bond acceptors (Lipinski definition) is 2. The van der Waals surface area contributed by atoms with E-state index in [1.165, 1.54) is 17.3 Å². The van der Waals surface area contributed by atoms with Crippen molar-refractivity contribution in [3.05, 3.63) is 65.5 Å². The molecule has 0 amide bonds. The van der Waals surface area contributed by atoms with E-state index in [-0.39, 0.29) is 11.9 Å². The molecule has 2 aromatic carbocycles. The number of benzene rings is 2. The third kappa shape index (κ3) is 2.34. The van der Waals surface area contributed by atoms with Crippen LogP contribution >= 0.6 is 0 Å². The van der Waals surface area contributed by atoms with E-state index in [2.05, 4.69) is 23.1 Å². The summed E-state index contributed by atoms with van der Waals surface area (Å²) < 4.78 is 13.7. The summed E-state index contributed by atoms with van der Waals surface area (Å²) in [6, 6.07) is 14.8. The molecule has 0 fully saturated rings. The molecule has 0 saturated heterocycles. The summed E-state index contributed by atoms with van der Waals surface area (Å²) in [4.78, 5) is 2.24. The summed E-state index contributed by atoms with van der Waals surface area (Å²) in [5.41, 5.74) is 9.32. The Kier molecular flexibility index (Phi) is 3.22. The lowest BCUT2D eigenvalue weighted by atomic mass is 10.1. The Balaban J connectivity index is 1.78. The fraction of sp³-hybridized carbons (Fsp3) is 0.250. The van der Waals surface area contributed by atoms with Crippen molar-refractivity contribution in [1.82, 2.24) is 0 Å². The number of halogens is 1. The molecule has 0 aliphatic carbocycles. The van der Waals surface area contributed by atoms with E-state index >= 15 is 0 Å². The van der Waals surface area contributed by atoms with Gasteiger partial charge in [0, 0.05) is 24.3 Å². The van der Waals surface area contributed by atoms with Crippen LogP contribution < -0.4 is 10.6 Å². The van der Waals surface area contributed by atoms with Gasteiger partial charge >= 0.3 is 0 Å². The largest absolute Gasteiger partial charge is 0.369 e. The highest BCUT2D eigenvalue weighted by molar-refractivity contribution is 5.58. The number of nitrogens with zero attached hydrogens (tertiary/aromatic N) is 1. The molecule has 0 aromatic heterocycles. The Bertz CT molecular complexity index is 582. The summed E-state index contributed by atoms with van der Waals surface area (Å²) >= 11 is 0. The van der Waals surface area contributed by atoms with Gasteiger partial charge in [0.1, 0.15) is 5.82 Å². The van der Waals surface area contributed by atoms with E-state index in [4.69, 9.17) is 5.73 Å². The fourth-order valence-corrected chi connectivity index (χ4v) is 2.71. The highest BCUT2D eigenvalue weighted by atomic mass is 19.1. The number of hydrogen-bond donors (Lipinski definition) is 1. The Hall–Kier alpha value is -1.87. The van der Waals surface area contributed by atoms with Crippen molar-refractivity contribution in [2.24, 2.45) is 5.73 Å².